The molecule has 0 aliphatic heterocycles. The molecule has 0 saturated carbocycles. The van der Waals surface area contributed by atoms with Crippen molar-refractivity contribution in [2.45, 2.75) is 66.1 Å². The summed E-state index contributed by atoms with van der Waals surface area (Å²) < 4.78 is 9.99. The minimum atomic E-state index is -0.458. The Labute approximate surface area is 161 Å². The van der Waals surface area contributed by atoms with E-state index in [1.54, 1.807) is 14.0 Å². The molecule has 5 nitrogen and oxygen atoms in total. The van der Waals surface area contributed by atoms with Crippen molar-refractivity contribution in [3.63, 3.8) is 0 Å². The lowest BCUT2D eigenvalue weighted by Crippen LogP contribution is -2.34. The van der Waals surface area contributed by atoms with Gasteiger partial charge in [-0.25, -0.2) is 4.79 Å². The van der Waals surface area contributed by atoms with Gasteiger partial charge in [-0.15, -0.1) is 12.8 Å². The van der Waals surface area contributed by atoms with Crippen molar-refractivity contribution in [2.75, 3.05) is 18.9 Å². The Morgan fingerprint density at radius 1 is 1.00 bits per heavy atom. The van der Waals surface area contributed by atoms with Crippen LogP contribution in [0.1, 0.15) is 54.9 Å². The summed E-state index contributed by atoms with van der Waals surface area (Å²) in [5.41, 5.74) is -0.785. The fraction of sp³-hybridized carbons (Fsp3) is 0.684. The molecule has 0 fully saturated rings. The Hall–Kier alpha value is -1.66. The van der Waals surface area contributed by atoms with Gasteiger partial charge in [-0.05, 0) is 41.5 Å². The number of hydrogen-bond acceptors (Lipinski definition) is 4. The lowest BCUT2D eigenvalue weighted by Gasteiger charge is -2.23. The van der Waals surface area contributed by atoms with Crippen LogP contribution in [0.4, 0.5) is 4.79 Å². The molecule has 0 aliphatic carbocycles. The van der Waals surface area contributed by atoms with Crippen LogP contribution >= 0.6 is 15.9 Å². The standard InChI is InChI=1S/C9H15NO2.C7H14O2.C3H3Br/c1-6-7-10(5)8(11)12-9(2,3)4;1-5-6(8)9-7(2,3)4;1-2-3-4/h1H,7H2,2-5H3;5H2,1-4H3;1H,3H2. The molecule has 0 unspecified atom stereocenters. The molecule has 0 radical (unpaired) electrons. The fourth-order valence-electron chi connectivity index (χ4n) is 0.955. The second kappa shape index (κ2) is 14.7. The fourth-order valence-corrected chi connectivity index (χ4v) is 0.955. The normalized spacial score (nSPS) is 9.72. The van der Waals surface area contributed by atoms with Crippen molar-refractivity contribution in [2.24, 2.45) is 0 Å². The molecule has 0 atom stereocenters. The number of nitrogens with zero attached hydrogens (tertiary/aromatic N) is 1. The number of ether oxygens (including phenoxy) is 2. The van der Waals surface area contributed by atoms with Crippen molar-refractivity contribution in [3.8, 4) is 24.7 Å². The summed E-state index contributed by atoms with van der Waals surface area (Å²) in [6, 6.07) is 0. The Bertz CT molecular complexity index is 462. The highest BCUT2D eigenvalue weighted by Crippen LogP contribution is 2.08. The predicted molar refractivity (Wildman–Crippen MR) is 106 cm³/mol. The van der Waals surface area contributed by atoms with Gasteiger partial charge < -0.3 is 14.4 Å². The van der Waals surface area contributed by atoms with Crippen LogP contribution in [0.3, 0.4) is 0 Å². The minimum Gasteiger partial charge on any atom is -0.460 e. The molecule has 0 aromatic carbocycles. The number of carbonyl (C=O) groups is 2. The van der Waals surface area contributed by atoms with E-state index in [-0.39, 0.29) is 24.2 Å². The molecule has 0 spiro atoms. The topological polar surface area (TPSA) is 55.8 Å². The van der Waals surface area contributed by atoms with E-state index in [4.69, 9.17) is 22.3 Å². The lowest BCUT2D eigenvalue weighted by molar-refractivity contribution is -0.154. The quantitative estimate of drug-likeness (QED) is 0.383. The number of terminal acetylenes is 2. The van der Waals surface area contributed by atoms with E-state index in [1.807, 2.05) is 41.5 Å². The first kappa shape index (κ1) is 28.2. The van der Waals surface area contributed by atoms with Gasteiger partial charge in [-0.2, -0.15) is 0 Å². The molecule has 0 aliphatic rings. The maximum Gasteiger partial charge on any atom is 0.410 e. The predicted octanol–water partition coefficient (Wildman–Crippen LogP) is 4.24. The number of carbonyl (C=O) groups excluding carboxylic acids is 2. The Morgan fingerprint density at radius 2 is 1.40 bits per heavy atom. The number of hydrogen-bond donors (Lipinski definition) is 0. The maximum atomic E-state index is 11.2. The summed E-state index contributed by atoms with van der Waals surface area (Å²) in [4.78, 5) is 23.1. The van der Waals surface area contributed by atoms with E-state index in [0.717, 1.165) is 0 Å². The molecule has 0 aromatic heterocycles. The summed E-state index contributed by atoms with van der Waals surface area (Å²) in [5.74, 6) is 4.57. The zero-order valence-corrected chi connectivity index (χ0v) is 18.3. The first-order valence-corrected chi connectivity index (χ1v) is 8.95. The molecule has 0 rings (SSSR count). The molecule has 0 saturated heterocycles. The van der Waals surface area contributed by atoms with Gasteiger partial charge in [0.1, 0.15) is 11.2 Å². The van der Waals surface area contributed by atoms with E-state index in [0.29, 0.717) is 11.8 Å². The molecule has 1 amide bonds. The lowest BCUT2D eigenvalue weighted by atomic mass is 10.2. The summed E-state index contributed by atoms with van der Waals surface area (Å²) in [6.45, 7) is 13.1. The van der Waals surface area contributed by atoms with Crippen molar-refractivity contribution < 1.29 is 19.1 Å². The Morgan fingerprint density at radius 3 is 1.60 bits per heavy atom. The van der Waals surface area contributed by atoms with Crippen LogP contribution in [0.2, 0.25) is 0 Å². The van der Waals surface area contributed by atoms with Gasteiger partial charge in [0.2, 0.25) is 0 Å². The molecular weight excluding hydrogens is 386 g/mol. The smallest absolute Gasteiger partial charge is 0.410 e. The number of alkyl halides is 1. The van der Waals surface area contributed by atoms with Crippen LogP contribution in [0.5, 0.6) is 0 Å². The van der Waals surface area contributed by atoms with Crippen molar-refractivity contribution in [1.29, 1.82) is 0 Å². The van der Waals surface area contributed by atoms with Gasteiger partial charge in [0, 0.05) is 13.5 Å². The minimum absolute atomic E-state index is 0.137. The monoisotopic (exact) mass is 417 g/mol. The first-order chi connectivity index (χ1) is 11.2. The van der Waals surface area contributed by atoms with E-state index in [1.165, 1.54) is 4.90 Å². The van der Waals surface area contributed by atoms with E-state index in [2.05, 4.69) is 27.8 Å². The largest absolute Gasteiger partial charge is 0.460 e. The Balaban J connectivity index is -0.000000328. The maximum absolute atomic E-state index is 11.2. The molecule has 0 aromatic rings. The highest BCUT2D eigenvalue weighted by molar-refractivity contribution is 9.09. The van der Waals surface area contributed by atoms with Crippen molar-refractivity contribution in [3.05, 3.63) is 0 Å². The Kier molecular flexibility index (Phi) is 16.5. The number of amides is 1. The van der Waals surface area contributed by atoms with Crippen LogP contribution < -0.4 is 0 Å². The molecule has 144 valence electrons. The average molecular weight is 418 g/mol. The molecule has 0 N–H and O–H groups in total. The van der Waals surface area contributed by atoms with E-state index in [9.17, 15) is 9.59 Å². The van der Waals surface area contributed by atoms with E-state index >= 15 is 0 Å². The second-order valence-corrected chi connectivity index (χ2v) is 7.38. The number of esters is 1. The van der Waals surface area contributed by atoms with Crippen LogP contribution in [0.25, 0.3) is 0 Å². The third-order valence-corrected chi connectivity index (χ3v) is 2.14. The number of halogens is 1. The van der Waals surface area contributed by atoms with Gasteiger partial charge in [-0.3, -0.25) is 4.79 Å². The van der Waals surface area contributed by atoms with Crippen LogP contribution in [-0.2, 0) is 14.3 Å². The molecule has 25 heavy (non-hydrogen) atoms. The first-order valence-electron chi connectivity index (χ1n) is 7.82. The number of rotatable bonds is 2. The average Bonchev–Trinajstić information content (AvgIpc) is 2.45. The summed E-state index contributed by atoms with van der Waals surface area (Å²) in [7, 11) is 1.61. The van der Waals surface area contributed by atoms with Crippen molar-refractivity contribution >= 4 is 28.0 Å². The van der Waals surface area contributed by atoms with Gasteiger partial charge in [0.25, 0.3) is 0 Å². The van der Waals surface area contributed by atoms with Gasteiger partial charge in [0.05, 0.1) is 11.9 Å². The summed E-state index contributed by atoms with van der Waals surface area (Å²) in [6.07, 6.45) is 9.83. The molecule has 6 heteroatoms. The van der Waals surface area contributed by atoms with Gasteiger partial charge in [-0.1, -0.05) is 34.7 Å². The highest BCUT2D eigenvalue weighted by Gasteiger charge is 2.18. The second-order valence-electron chi connectivity index (χ2n) is 6.82. The molecule has 0 bridgehead atoms. The molecule has 0 heterocycles. The third kappa shape index (κ3) is 27.5. The third-order valence-electron chi connectivity index (χ3n) is 1.82. The van der Waals surface area contributed by atoms with Crippen LogP contribution in [0.15, 0.2) is 0 Å². The highest BCUT2D eigenvalue weighted by atomic mass is 79.9. The zero-order valence-electron chi connectivity index (χ0n) is 16.7. The van der Waals surface area contributed by atoms with Gasteiger partial charge in [0.15, 0.2) is 0 Å². The van der Waals surface area contributed by atoms with Crippen molar-refractivity contribution in [1.82, 2.24) is 4.90 Å². The zero-order chi connectivity index (χ0) is 20.7. The SMILES string of the molecule is C#CCBr.C#CCN(C)C(=O)OC(C)(C)C.CCC(=O)OC(C)(C)C. The van der Waals surface area contributed by atoms with Gasteiger partial charge >= 0.3 is 12.1 Å². The van der Waals surface area contributed by atoms with E-state index < -0.39 is 5.60 Å². The molecular formula is C19H32BrNO4. The summed E-state index contributed by atoms with van der Waals surface area (Å²) in [5, 5.41) is 0.660. The van der Waals surface area contributed by atoms with Crippen LogP contribution in [0, 0.1) is 24.7 Å². The summed E-state index contributed by atoms with van der Waals surface area (Å²) >= 11 is 3.01. The van der Waals surface area contributed by atoms with Crippen LogP contribution in [-0.4, -0.2) is 47.1 Å².